The third kappa shape index (κ3) is 2.15. The molecule has 0 unspecified atom stereocenters. The van der Waals surface area contributed by atoms with E-state index in [9.17, 15) is 4.79 Å². The summed E-state index contributed by atoms with van der Waals surface area (Å²) in [5.41, 5.74) is 1.04. The Bertz CT molecular complexity index is 429. The largest absolute Gasteiger partial charge is 0.457 e. The second kappa shape index (κ2) is 4.73. The number of carbonyl (C=O) groups excluding carboxylic acids is 1. The summed E-state index contributed by atoms with van der Waals surface area (Å²) in [7, 11) is 0. The molecule has 1 aromatic rings. The lowest BCUT2D eigenvalue weighted by Gasteiger charge is -2.20. The number of fused-ring (bicyclic) bond motifs is 2. The normalized spacial score (nSPS) is 31.3. The van der Waals surface area contributed by atoms with Gasteiger partial charge in [0.15, 0.2) is 0 Å². The van der Waals surface area contributed by atoms with Gasteiger partial charge in [-0.1, -0.05) is 30.3 Å². The highest BCUT2D eigenvalue weighted by atomic mass is 16.6. The van der Waals surface area contributed by atoms with Crippen LogP contribution in [0.5, 0.6) is 0 Å². The lowest BCUT2D eigenvalue weighted by molar-refractivity contribution is -0.155. The van der Waals surface area contributed by atoms with Crippen molar-refractivity contribution in [2.45, 2.75) is 44.5 Å². The molecule has 0 aromatic heterocycles. The molecule has 2 fully saturated rings. The standard InChI is InChI=1S/C15H18O3/c1-10(11-5-3-2-4-6-11)17-15(16)13-9-12-7-8-14(13)18-12/h2-6,10,12-14H,7-9H2,1H3/t10-,12+,13+,14-/m1/s1. The van der Waals surface area contributed by atoms with Gasteiger partial charge < -0.3 is 9.47 Å². The number of esters is 1. The van der Waals surface area contributed by atoms with Crippen molar-refractivity contribution in [2.75, 3.05) is 0 Å². The van der Waals surface area contributed by atoms with E-state index in [4.69, 9.17) is 9.47 Å². The summed E-state index contributed by atoms with van der Waals surface area (Å²) in [5, 5.41) is 0. The van der Waals surface area contributed by atoms with Gasteiger partial charge in [0.05, 0.1) is 18.1 Å². The minimum atomic E-state index is -0.183. The zero-order chi connectivity index (χ0) is 12.5. The number of hydrogen-bond acceptors (Lipinski definition) is 3. The number of ether oxygens (including phenoxy) is 2. The van der Waals surface area contributed by atoms with Gasteiger partial charge in [-0.2, -0.15) is 0 Å². The Kier molecular flexibility index (Phi) is 3.08. The molecule has 0 saturated carbocycles. The molecule has 3 nitrogen and oxygen atoms in total. The predicted octanol–water partition coefficient (Wildman–Crippen LogP) is 2.86. The van der Waals surface area contributed by atoms with Crippen molar-refractivity contribution in [3.05, 3.63) is 35.9 Å². The Morgan fingerprint density at radius 1 is 1.33 bits per heavy atom. The Balaban J connectivity index is 1.61. The van der Waals surface area contributed by atoms with E-state index >= 15 is 0 Å². The van der Waals surface area contributed by atoms with Gasteiger partial charge in [-0.05, 0) is 31.7 Å². The minimum Gasteiger partial charge on any atom is -0.457 e. The van der Waals surface area contributed by atoms with Crippen molar-refractivity contribution in [3.8, 4) is 0 Å². The molecule has 2 aliphatic rings. The predicted molar refractivity (Wildman–Crippen MR) is 67.0 cm³/mol. The van der Waals surface area contributed by atoms with E-state index in [0.29, 0.717) is 6.10 Å². The molecular weight excluding hydrogens is 228 g/mol. The van der Waals surface area contributed by atoms with E-state index in [0.717, 1.165) is 24.8 Å². The summed E-state index contributed by atoms with van der Waals surface area (Å²) in [5.74, 6) is -0.145. The van der Waals surface area contributed by atoms with Gasteiger partial charge in [-0.3, -0.25) is 4.79 Å². The summed E-state index contributed by atoms with van der Waals surface area (Å²) in [6, 6.07) is 9.84. The number of rotatable bonds is 3. The van der Waals surface area contributed by atoms with Gasteiger partial charge in [-0.25, -0.2) is 0 Å². The molecule has 96 valence electrons. The van der Waals surface area contributed by atoms with Crippen molar-refractivity contribution in [1.29, 1.82) is 0 Å². The van der Waals surface area contributed by atoms with Crippen molar-refractivity contribution in [1.82, 2.24) is 0 Å². The zero-order valence-corrected chi connectivity index (χ0v) is 10.5. The van der Waals surface area contributed by atoms with E-state index in [1.165, 1.54) is 0 Å². The Labute approximate surface area is 107 Å². The van der Waals surface area contributed by atoms with Crippen LogP contribution in [0.25, 0.3) is 0 Å². The van der Waals surface area contributed by atoms with E-state index in [-0.39, 0.29) is 24.1 Å². The molecule has 0 amide bonds. The van der Waals surface area contributed by atoms with Gasteiger partial charge in [0.1, 0.15) is 6.10 Å². The SMILES string of the molecule is C[C@@H](OC(=O)[C@H]1C[C@@H]2CC[C@H]1O2)c1ccccc1. The van der Waals surface area contributed by atoms with Crippen LogP contribution in [0.15, 0.2) is 30.3 Å². The maximum Gasteiger partial charge on any atom is 0.312 e. The van der Waals surface area contributed by atoms with Crippen LogP contribution in [0.4, 0.5) is 0 Å². The number of carbonyl (C=O) groups is 1. The first-order valence-electron chi connectivity index (χ1n) is 6.65. The second-order valence-corrected chi connectivity index (χ2v) is 5.21. The average Bonchev–Trinajstić information content (AvgIpc) is 3.02. The molecule has 0 radical (unpaired) electrons. The molecule has 1 aromatic carbocycles. The maximum atomic E-state index is 12.1. The van der Waals surface area contributed by atoms with Crippen LogP contribution >= 0.6 is 0 Å². The smallest absolute Gasteiger partial charge is 0.312 e. The second-order valence-electron chi connectivity index (χ2n) is 5.21. The van der Waals surface area contributed by atoms with Gasteiger partial charge in [0.25, 0.3) is 0 Å². The lowest BCUT2D eigenvalue weighted by atomic mass is 9.89. The fourth-order valence-corrected chi connectivity index (χ4v) is 2.94. The van der Waals surface area contributed by atoms with Crippen LogP contribution in [0, 0.1) is 5.92 Å². The lowest BCUT2D eigenvalue weighted by Crippen LogP contribution is -2.27. The highest BCUT2D eigenvalue weighted by Crippen LogP contribution is 2.39. The van der Waals surface area contributed by atoms with E-state index in [1.54, 1.807) is 0 Å². The van der Waals surface area contributed by atoms with Gasteiger partial charge in [0, 0.05) is 0 Å². The van der Waals surface area contributed by atoms with Crippen LogP contribution < -0.4 is 0 Å². The quantitative estimate of drug-likeness (QED) is 0.769. The molecule has 2 bridgehead atoms. The molecule has 18 heavy (non-hydrogen) atoms. The Morgan fingerprint density at radius 2 is 2.11 bits per heavy atom. The van der Waals surface area contributed by atoms with Crippen molar-refractivity contribution in [2.24, 2.45) is 5.92 Å². The fourth-order valence-electron chi connectivity index (χ4n) is 2.94. The molecule has 3 rings (SSSR count). The first kappa shape index (κ1) is 11.7. The van der Waals surface area contributed by atoms with Crippen LogP contribution in [0.3, 0.4) is 0 Å². The maximum absolute atomic E-state index is 12.1. The average molecular weight is 246 g/mol. The molecule has 2 saturated heterocycles. The number of hydrogen-bond donors (Lipinski definition) is 0. The molecule has 4 atom stereocenters. The summed E-state index contributed by atoms with van der Waals surface area (Å²) in [4.78, 5) is 12.1. The molecule has 0 N–H and O–H groups in total. The summed E-state index contributed by atoms with van der Waals surface area (Å²) < 4.78 is 11.2. The van der Waals surface area contributed by atoms with Crippen LogP contribution in [0.2, 0.25) is 0 Å². The molecule has 3 heteroatoms. The zero-order valence-electron chi connectivity index (χ0n) is 10.5. The van der Waals surface area contributed by atoms with Crippen LogP contribution in [0.1, 0.15) is 37.9 Å². The van der Waals surface area contributed by atoms with Crippen molar-refractivity contribution < 1.29 is 14.3 Å². The molecular formula is C15H18O3. The van der Waals surface area contributed by atoms with Crippen LogP contribution in [-0.4, -0.2) is 18.2 Å². The van der Waals surface area contributed by atoms with E-state index < -0.39 is 0 Å². The topological polar surface area (TPSA) is 35.5 Å². The summed E-state index contributed by atoms with van der Waals surface area (Å²) in [6.45, 7) is 1.92. The van der Waals surface area contributed by atoms with Gasteiger partial charge >= 0.3 is 5.97 Å². The Hall–Kier alpha value is -1.35. The van der Waals surface area contributed by atoms with Crippen molar-refractivity contribution >= 4 is 5.97 Å². The third-order valence-corrected chi connectivity index (χ3v) is 3.97. The highest BCUT2D eigenvalue weighted by molar-refractivity contribution is 5.74. The van der Waals surface area contributed by atoms with Gasteiger partial charge in [-0.15, -0.1) is 0 Å². The highest BCUT2D eigenvalue weighted by Gasteiger charge is 2.45. The third-order valence-electron chi connectivity index (χ3n) is 3.97. The monoisotopic (exact) mass is 246 g/mol. The fraction of sp³-hybridized carbons (Fsp3) is 0.533. The molecule has 2 aliphatic heterocycles. The van der Waals surface area contributed by atoms with Crippen LogP contribution in [-0.2, 0) is 14.3 Å². The molecule has 0 spiro atoms. The van der Waals surface area contributed by atoms with Gasteiger partial charge in [0.2, 0.25) is 0 Å². The Morgan fingerprint density at radius 3 is 2.72 bits per heavy atom. The number of benzene rings is 1. The summed E-state index contributed by atoms with van der Waals surface area (Å²) >= 11 is 0. The first-order valence-corrected chi connectivity index (χ1v) is 6.65. The molecule has 2 heterocycles. The van der Waals surface area contributed by atoms with E-state index in [2.05, 4.69) is 0 Å². The van der Waals surface area contributed by atoms with Crippen molar-refractivity contribution in [3.63, 3.8) is 0 Å². The minimum absolute atomic E-state index is 0.0464. The van der Waals surface area contributed by atoms with E-state index in [1.807, 2.05) is 37.3 Å². The molecule has 0 aliphatic carbocycles. The first-order chi connectivity index (χ1) is 8.74. The summed E-state index contributed by atoms with van der Waals surface area (Å²) in [6.07, 6.45) is 3.15.